The van der Waals surface area contributed by atoms with Gasteiger partial charge in [-0.05, 0) is 18.4 Å². The Kier molecular flexibility index (Phi) is 5.03. The second kappa shape index (κ2) is 6.30. The first-order valence-corrected chi connectivity index (χ1v) is 6.54. The second-order valence-electron chi connectivity index (χ2n) is 3.57. The molecule has 0 bridgehead atoms. The predicted molar refractivity (Wildman–Crippen MR) is 68.7 cm³/mol. The summed E-state index contributed by atoms with van der Waals surface area (Å²) in [5, 5.41) is 9.00. The van der Waals surface area contributed by atoms with Crippen molar-refractivity contribution in [2.45, 2.75) is 0 Å². The number of nitrogens with zero attached hydrogens (tertiary/aromatic N) is 1. The Balaban J connectivity index is 2.92. The lowest BCUT2D eigenvalue weighted by atomic mass is 10.1. The smallest absolute Gasteiger partial charge is 0.336 e. The maximum atomic E-state index is 12.0. The Hall–Kier alpha value is -1.49. The van der Waals surface area contributed by atoms with E-state index in [-0.39, 0.29) is 17.0 Å². The van der Waals surface area contributed by atoms with E-state index in [0.29, 0.717) is 6.54 Å². The highest BCUT2D eigenvalue weighted by atomic mass is 32.2. The fourth-order valence-corrected chi connectivity index (χ4v) is 1.85. The largest absolute Gasteiger partial charge is 0.478 e. The zero-order valence-corrected chi connectivity index (χ0v) is 10.7. The Morgan fingerprint density at radius 1 is 1.29 bits per heavy atom. The van der Waals surface area contributed by atoms with Gasteiger partial charge in [0.2, 0.25) is 0 Å². The van der Waals surface area contributed by atoms with E-state index in [4.69, 9.17) is 5.11 Å². The number of hydrogen-bond acceptors (Lipinski definition) is 3. The number of amides is 1. The van der Waals surface area contributed by atoms with Gasteiger partial charge in [0.25, 0.3) is 5.91 Å². The van der Waals surface area contributed by atoms with Crippen LogP contribution in [0, 0.1) is 0 Å². The van der Waals surface area contributed by atoms with Gasteiger partial charge in [-0.1, -0.05) is 12.1 Å². The molecule has 1 amide bonds. The first-order valence-electron chi connectivity index (χ1n) is 5.14. The number of benzene rings is 1. The summed E-state index contributed by atoms with van der Waals surface area (Å²) in [5.74, 6) is -0.499. The molecule has 0 saturated carbocycles. The molecule has 0 unspecified atom stereocenters. The van der Waals surface area contributed by atoms with E-state index < -0.39 is 5.97 Å². The molecular formula is C12H15NO3S. The highest BCUT2D eigenvalue weighted by molar-refractivity contribution is 7.98. The maximum absolute atomic E-state index is 12.0. The first-order chi connectivity index (χ1) is 8.07. The van der Waals surface area contributed by atoms with Crippen LogP contribution in [0.2, 0.25) is 0 Å². The van der Waals surface area contributed by atoms with Crippen LogP contribution in [0.5, 0.6) is 0 Å². The molecule has 0 aromatic heterocycles. The molecule has 0 radical (unpaired) electrons. The summed E-state index contributed by atoms with van der Waals surface area (Å²) in [6, 6.07) is 6.27. The van der Waals surface area contributed by atoms with Gasteiger partial charge in [0, 0.05) is 19.3 Å². The number of hydrogen-bond donors (Lipinski definition) is 1. The molecule has 1 aromatic rings. The molecule has 4 nitrogen and oxygen atoms in total. The van der Waals surface area contributed by atoms with Crippen LogP contribution in [0.25, 0.3) is 0 Å². The molecule has 0 aliphatic carbocycles. The maximum Gasteiger partial charge on any atom is 0.336 e. The number of carboxylic acid groups (broad SMARTS) is 1. The van der Waals surface area contributed by atoms with Crippen LogP contribution in [0.4, 0.5) is 0 Å². The lowest BCUT2D eigenvalue weighted by Crippen LogP contribution is -2.30. The summed E-state index contributed by atoms with van der Waals surface area (Å²) in [7, 11) is 1.68. The van der Waals surface area contributed by atoms with Crippen molar-refractivity contribution >= 4 is 23.6 Å². The number of thioether (sulfide) groups is 1. The van der Waals surface area contributed by atoms with E-state index in [0.717, 1.165) is 5.75 Å². The topological polar surface area (TPSA) is 57.6 Å². The van der Waals surface area contributed by atoms with Crippen molar-refractivity contribution in [1.82, 2.24) is 4.90 Å². The number of carboxylic acids is 1. The zero-order valence-electron chi connectivity index (χ0n) is 9.84. The van der Waals surface area contributed by atoms with Crippen molar-refractivity contribution in [2.24, 2.45) is 0 Å². The molecule has 0 atom stereocenters. The van der Waals surface area contributed by atoms with Gasteiger partial charge in [0.1, 0.15) is 0 Å². The van der Waals surface area contributed by atoms with Gasteiger partial charge in [0.15, 0.2) is 0 Å². The molecular weight excluding hydrogens is 238 g/mol. The van der Waals surface area contributed by atoms with Crippen molar-refractivity contribution < 1.29 is 14.7 Å². The Labute approximate surface area is 105 Å². The monoisotopic (exact) mass is 253 g/mol. The van der Waals surface area contributed by atoms with Crippen molar-refractivity contribution in [3.05, 3.63) is 35.4 Å². The van der Waals surface area contributed by atoms with Gasteiger partial charge in [-0.2, -0.15) is 11.8 Å². The van der Waals surface area contributed by atoms with E-state index in [1.165, 1.54) is 11.0 Å². The van der Waals surface area contributed by atoms with E-state index in [2.05, 4.69) is 0 Å². The standard InChI is InChI=1S/C12H15NO3S/c1-13(7-8-17-2)11(14)9-5-3-4-6-10(9)12(15)16/h3-6H,7-8H2,1-2H3,(H,15,16). The molecule has 0 heterocycles. The van der Waals surface area contributed by atoms with Crippen LogP contribution in [0.1, 0.15) is 20.7 Å². The Bertz CT molecular complexity index is 420. The lowest BCUT2D eigenvalue weighted by Gasteiger charge is -2.17. The van der Waals surface area contributed by atoms with Crippen molar-refractivity contribution in [3.8, 4) is 0 Å². The first kappa shape index (κ1) is 13.6. The Morgan fingerprint density at radius 3 is 2.41 bits per heavy atom. The van der Waals surface area contributed by atoms with Crippen LogP contribution in [0.3, 0.4) is 0 Å². The fraction of sp³-hybridized carbons (Fsp3) is 0.333. The van der Waals surface area contributed by atoms with Crippen molar-refractivity contribution in [1.29, 1.82) is 0 Å². The fourth-order valence-electron chi connectivity index (χ4n) is 1.39. The van der Waals surface area contributed by atoms with Crippen molar-refractivity contribution in [3.63, 3.8) is 0 Å². The number of rotatable bonds is 5. The molecule has 1 aromatic carbocycles. The highest BCUT2D eigenvalue weighted by Gasteiger charge is 2.18. The Morgan fingerprint density at radius 2 is 1.88 bits per heavy atom. The van der Waals surface area contributed by atoms with Gasteiger partial charge in [-0.25, -0.2) is 4.79 Å². The molecule has 5 heteroatoms. The summed E-state index contributed by atoms with van der Waals surface area (Å²) in [5.41, 5.74) is 0.289. The van der Waals surface area contributed by atoms with Crippen LogP contribution in [0.15, 0.2) is 24.3 Å². The molecule has 0 saturated heterocycles. The minimum Gasteiger partial charge on any atom is -0.478 e. The summed E-state index contributed by atoms with van der Waals surface area (Å²) >= 11 is 1.64. The third kappa shape index (κ3) is 3.49. The minimum absolute atomic E-state index is 0.0495. The molecule has 17 heavy (non-hydrogen) atoms. The molecule has 0 fully saturated rings. The normalized spacial score (nSPS) is 10.0. The summed E-state index contributed by atoms with van der Waals surface area (Å²) in [4.78, 5) is 24.6. The average molecular weight is 253 g/mol. The predicted octanol–water partition coefficient (Wildman–Crippen LogP) is 1.82. The molecule has 1 rings (SSSR count). The van der Waals surface area contributed by atoms with E-state index in [1.807, 2.05) is 6.26 Å². The van der Waals surface area contributed by atoms with Gasteiger partial charge in [-0.3, -0.25) is 4.79 Å². The third-order valence-electron chi connectivity index (χ3n) is 2.37. The lowest BCUT2D eigenvalue weighted by molar-refractivity contribution is 0.0682. The van der Waals surface area contributed by atoms with Gasteiger partial charge in [-0.15, -0.1) is 0 Å². The molecule has 0 aliphatic heterocycles. The summed E-state index contributed by atoms with van der Waals surface area (Å²) < 4.78 is 0. The van der Waals surface area contributed by atoms with E-state index in [1.54, 1.807) is 37.0 Å². The van der Waals surface area contributed by atoms with Gasteiger partial charge in [0.05, 0.1) is 11.1 Å². The summed E-state index contributed by atoms with van der Waals surface area (Å²) in [6.45, 7) is 0.605. The SMILES string of the molecule is CSCCN(C)C(=O)c1ccccc1C(=O)O. The molecule has 0 spiro atoms. The van der Waals surface area contributed by atoms with E-state index >= 15 is 0 Å². The molecule has 92 valence electrons. The van der Waals surface area contributed by atoms with Crippen LogP contribution in [-0.4, -0.2) is 47.5 Å². The molecule has 1 N–H and O–H groups in total. The summed E-state index contributed by atoms with van der Waals surface area (Å²) in [6.07, 6.45) is 1.96. The van der Waals surface area contributed by atoms with Crippen LogP contribution in [-0.2, 0) is 0 Å². The second-order valence-corrected chi connectivity index (χ2v) is 4.56. The third-order valence-corrected chi connectivity index (χ3v) is 2.96. The van der Waals surface area contributed by atoms with E-state index in [9.17, 15) is 9.59 Å². The number of carbonyl (C=O) groups excluding carboxylic acids is 1. The molecule has 0 aliphatic rings. The van der Waals surface area contributed by atoms with Crippen molar-refractivity contribution in [2.75, 3.05) is 25.6 Å². The number of aromatic carboxylic acids is 1. The zero-order chi connectivity index (χ0) is 12.8. The number of carbonyl (C=O) groups is 2. The van der Waals surface area contributed by atoms with Gasteiger partial charge >= 0.3 is 5.97 Å². The minimum atomic E-state index is -1.08. The van der Waals surface area contributed by atoms with Crippen LogP contribution < -0.4 is 0 Å². The van der Waals surface area contributed by atoms with Crippen LogP contribution >= 0.6 is 11.8 Å². The average Bonchev–Trinajstić information content (AvgIpc) is 2.34. The highest BCUT2D eigenvalue weighted by Crippen LogP contribution is 2.11. The van der Waals surface area contributed by atoms with Gasteiger partial charge < -0.3 is 10.0 Å². The quantitative estimate of drug-likeness (QED) is 0.869.